The van der Waals surface area contributed by atoms with E-state index in [-0.39, 0.29) is 0 Å². The van der Waals surface area contributed by atoms with Gasteiger partial charge < -0.3 is 10.8 Å². The molecule has 3 nitrogen and oxygen atoms in total. The van der Waals surface area contributed by atoms with Crippen molar-refractivity contribution in [2.75, 3.05) is 6.54 Å². The molecule has 1 aromatic heterocycles. The van der Waals surface area contributed by atoms with Gasteiger partial charge in [-0.1, -0.05) is 6.07 Å². The molecule has 1 atom stereocenters. The molecule has 12 heavy (non-hydrogen) atoms. The standard InChI is InChI=1S/C9H14N2O/c10-5-1-4-9(12)8-3-2-6-11-7-8/h2-3,6-7,9,12H,1,4-5,10H2. The summed E-state index contributed by atoms with van der Waals surface area (Å²) in [5.74, 6) is 0. The molecule has 0 radical (unpaired) electrons. The molecule has 1 heterocycles. The second-order valence-electron chi connectivity index (χ2n) is 2.73. The molecule has 0 fully saturated rings. The van der Waals surface area contributed by atoms with Gasteiger partial charge in [0.1, 0.15) is 0 Å². The molecule has 0 saturated carbocycles. The highest BCUT2D eigenvalue weighted by Gasteiger charge is 2.05. The molecule has 66 valence electrons. The highest BCUT2D eigenvalue weighted by Crippen LogP contribution is 2.15. The summed E-state index contributed by atoms with van der Waals surface area (Å²) in [7, 11) is 0. The van der Waals surface area contributed by atoms with Crippen LogP contribution in [0.15, 0.2) is 24.5 Å². The molecular weight excluding hydrogens is 152 g/mol. The molecule has 3 heteroatoms. The summed E-state index contributed by atoms with van der Waals surface area (Å²) < 4.78 is 0. The van der Waals surface area contributed by atoms with E-state index in [2.05, 4.69) is 4.98 Å². The fourth-order valence-electron chi connectivity index (χ4n) is 1.05. The topological polar surface area (TPSA) is 59.1 Å². The van der Waals surface area contributed by atoms with Crippen LogP contribution in [-0.4, -0.2) is 16.6 Å². The van der Waals surface area contributed by atoms with Crippen molar-refractivity contribution in [2.45, 2.75) is 18.9 Å². The van der Waals surface area contributed by atoms with Gasteiger partial charge in [-0.15, -0.1) is 0 Å². The number of nitrogens with zero attached hydrogens (tertiary/aromatic N) is 1. The zero-order chi connectivity index (χ0) is 8.81. The van der Waals surface area contributed by atoms with E-state index in [1.54, 1.807) is 12.4 Å². The predicted octanol–water partition coefficient (Wildman–Crippen LogP) is 0.854. The van der Waals surface area contributed by atoms with Gasteiger partial charge in [0.25, 0.3) is 0 Å². The van der Waals surface area contributed by atoms with Crippen LogP contribution in [0, 0.1) is 0 Å². The average Bonchev–Trinajstić information content (AvgIpc) is 2.15. The molecule has 3 N–H and O–H groups in total. The van der Waals surface area contributed by atoms with Crippen molar-refractivity contribution in [3.05, 3.63) is 30.1 Å². The molecule has 1 aromatic rings. The lowest BCUT2D eigenvalue weighted by Gasteiger charge is -2.08. The summed E-state index contributed by atoms with van der Waals surface area (Å²) in [6.45, 7) is 0.622. The van der Waals surface area contributed by atoms with Crippen LogP contribution in [-0.2, 0) is 0 Å². The minimum absolute atomic E-state index is 0.415. The van der Waals surface area contributed by atoms with Crippen molar-refractivity contribution in [2.24, 2.45) is 5.73 Å². The van der Waals surface area contributed by atoms with Gasteiger partial charge in [0, 0.05) is 12.4 Å². The fourth-order valence-corrected chi connectivity index (χ4v) is 1.05. The normalized spacial score (nSPS) is 12.8. The van der Waals surface area contributed by atoms with E-state index >= 15 is 0 Å². The van der Waals surface area contributed by atoms with Gasteiger partial charge in [0.15, 0.2) is 0 Å². The van der Waals surface area contributed by atoms with Crippen molar-refractivity contribution in [1.82, 2.24) is 4.98 Å². The first kappa shape index (κ1) is 9.16. The van der Waals surface area contributed by atoms with E-state index in [1.807, 2.05) is 12.1 Å². The zero-order valence-corrected chi connectivity index (χ0v) is 6.98. The number of rotatable bonds is 4. The van der Waals surface area contributed by atoms with E-state index in [4.69, 9.17) is 5.73 Å². The smallest absolute Gasteiger partial charge is 0.0805 e. The highest BCUT2D eigenvalue weighted by molar-refractivity contribution is 5.11. The van der Waals surface area contributed by atoms with Crippen LogP contribution in [0.25, 0.3) is 0 Å². The largest absolute Gasteiger partial charge is 0.388 e. The van der Waals surface area contributed by atoms with Gasteiger partial charge in [-0.05, 0) is 31.0 Å². The molecule has 0 aliphatic heterocycles. The monoisotopic (exact) mass is 166 g/mol. The van der Waals surface area contributed by atoms with Crippen molar-refractivity contribution in [1.29, 1.82) is 0 Å². The maximum absolute atomic E-state index is 9.56. The number of hydrogen-bond acceptors (Lipinski definition) is 3. The van der Waals surface area contributed by atoms with E-state index < -0.39 is 6.10 Å². The Hall–Kier alpha value is -0.930. The number of pyridine rings is 1. The van der Waals surface area contributed by atoms with E-state index in [9.17, 15) is 5.11 Å². The summed E-state index contributed by atoms with van der Waals surface area (Å²) >= 11 is 0. The number of aliphatic hydroxyl groups is 1. The molecule has 1 rings (SSSR count). The Kier molecular flexibility index (Phi) is 3.70. The van der Waals surface area contributed by atoms with E-state index in [1.165, 1.54) is 0 Å². The lowest BCUT2D eigenvalue weighted by Crippen LogP contribution is -2.03. The van der Waals surface area contributed by atoms with Crippen LogP contribution in [0.3, 0.4) is 0 Å². The van der Waals surface area contributed by atoms with Crippen molar-refractivity contribution in [3.8, 4) is 0 Å². The highest BCUT2D eigenvalue weighted by atomic mass is 16.3. The Bertz CT molecular complexity index is 213. The first-order valence-corrected chi connectivity index (χ1v) is 4.12. The fraction of sp³-hybridized carbons (Fsp3) is 0.444. The maximum Gasteiger partial charge on any atom is 0.0805 e. The van der Waals surface area contributed by atoms with Crippen molar-refractivity contribution in [3.63, 3.8) is 0 Å². The van der Waals surface area contributed by atoms with Crippen molar-refractivity contribution >= 4 is 0 Å². The lowest BCUT2D eigenvalue weighted by molar-refractivity contribution is 0.165. The third kappa shape index (κ3) is 2.60. The SMILES string of the molecule is NCCCC(O)c1cccnc1. The Labute approximate surface area is 72.2 Å². The number of aromatic nitrogens is 1. The van der Waals surface area contributed by atoms with Crippen LogP contribution in [0.1, 0.15) is 24.5 Å². The van der Waals surface area contributed by atoms with Crippen LogP contribution >= 0.6 is 0 Å². The van der Waals surface area contributed by atoms with Gasteiger partial charge in [-0.3, -0.25) is 4.98 Å². The van der Waals surface area contributed by atoms with Crippen LogP contribution in [0.5, 0.6) is 0 Å². The molecule has 0 aromatic carbocycles. The molecule has 1 unspecified atom stereocenters. The molecular formula is C9H14N2O. The van der Waals surface area contributed by atoms with Crippen LogP contribution < -0.4 is 5.73 Å². The average molecular weight is 166 g/mol. The Morgan fingerprint density at radius 2 is 2.42 bits per heavy atom. The second-order valence-corrected chi connectivity index (χ2v) is 2.73. The maximum atomic E-state index is 9.56. The molecule has 0 spiro atoms. The zero-order valence-electron chi connectivity index (χ0n) is 6.98. The number of hydrogen-bond donors (Lipinski definition) is 2. The summed E-state index contributed by atoms with van der Waals surface area (Å²) in [6, 6.07) is 3.69. The first-order chi connectivity index (χ1) is 5.84. The molecule has 0 amide bonds. The molecule has 0 aliphatic carbocycles. The van der Waals surface area contributed by atoms with Gasteiger partial charge in [0.05, 0.1) is 6.10 Å². The Morgan fingerprint density at radius 1 is 1.58 bits per heavy atom. The summed E-state index contributed by atoms with van der Waals surface area (Å²) in [6.07, 6.45) is 4.51. The first-order valence-electron chi connectivity index (χ1n) is 4.12. The van der Waals surface area contributed by atoms with Crippen molar-refractivity contribution < 1.29 is 5.11 Å². The second kappa shape index (κ2) is 4.85. The minimum atomic E-state index is -0.415. The summed E-state index contributed by atoms with van der Waals surface area (Å²) in [4.78, 5) is 3.92. The third-order valence-corrected chi connectivity index (χ3v) is 1.75. The Morgan fingerprint density at radius 3 is 3.00 bits per heavy atom. The molecule has 0 saturated heterocycles. The van der Waals surface area contributed by atoms with Crippen LogP contribution in [0.2, 0.25) is 0 Å². The Balaban J connectivity index is 2.48. The molecule has 0 bridgehead atoms. The third-order valence-electron chi connectivity index (χ3n) is 1.75. The van der Waals surface area contributed by atoms with Gasteiger partial charge >= 0.3 is 0 Å². The van der Waals surface area contributed by atoms with Crippen LogP contribution in [0.4, 0.5) is 0 Å². The predicted molar refractivity (Wildman–Crippen MR) is 47.5 cm³/mol. The van der Waals surface area contributed by atoms with Gasteiger partial charge in [-0.2, -0.15) is 0 Å². The van der Waals surface area contributed by atoms with E-state index in [0.29, 0.717) is 13.0 Å². The minimum Gasteiger partial charge on any atom is -0.388 e. The van der Waals surface area contributed by atoms with Gasteiger partial charge in [0.2, 0.25) is 0 Å². The number of nitrogens with two attached hydrogens (primary N) is 1. The molecule has 0 aliphatic rings. The number of aliphatic hydroxyl groups excluding tert-OH is 1. The summed E-state index contributed by atoms with van der Waals surface area (Å²) in [5.41, 5.74) is 6.19. The van der Waals surface area contributed by atoms with Gasteiger partial charge in [-0.25, -0.2) is 0 Å². The lowest BCUT2D eigenvalue weighted by atomic mass is 10.1. The van der Waals surface area contributed by atoms with E-state index in [0.717, 1.165) is 12.0 Å². The summed E-state index contributed by atoms with van der Waals surface area (Å²) in [5, 5.41) is 9.56. The quantitative estimate of drug-likeness (QED) is 0.697.